The van der Waals surface area contributed by atoms with E-state index in [1.807, 2.05) is 30.5 Å². The quantitative estimate of drug-likeness (QED) is 0.707. The molecule has 84 valence electrons. The van der Waals surface area contributed by atoms with Gasteiger partial charge in [-0.2, -0.15) is 0 Å². The van der Waals surface area contributed by atoms with Gasteiger partial charge in [0.25, 0.3) is 5.56 Å². The summed E-state index contributed by atoms with van der Waals surface area (Å²) in [5, 5.41) is 5.40. The second-order valence-electron chi connectivity index (χ2n) is 3.37. The molecule has 0 aliphatic rings. The summed E-state index contributed by atoms with van der Waals surface area (Å²) in [6.45, 7) is 0.235. The summed E-state index contributed by atoms with van der Waals surface area (Å²) in [5.41, 5.74) is 7.74. The fraction of sp³-hybridized carbons (Fsp3) is 0.182. The smallest absolute Gasteiger partial charge is 0.269 e. The van der Waals surface area contributed by atoms with Crippen LogP contribution in [0.5, 0.6) is 0 Å². The number of hydrogen-bond donors (Lipinski definition) is 3. The molecule has 1 aromatic heterocycles. The van der Waals surface area contributed by atoms with Gasteiger partial charge < -0.3 is 5.73 Å². The lowest BCUT2D eigenvalue weighted by molar-refractivity contribution is 1.04. The van der Waals surface area contributed by atoms with E-state index in [1.54, 1.807) is 11.8 Å². The van der Waals surface area contributed by atoms with E-state index >= 15 is 0 Å². The predicted molar refractivity (Wildman–Crippen MR) is 66.5 cm³/mol. The number of rotatable bonds is 3. The normalized spacial score (nSPS) is 10.6. The Balaban J connectivity index is 2.46. The van der Waals surface area contributed by atoms with Crippen molar-refractivity contribution in [1.82, 2.24) is 10.2 Å². The third-order valence-electron chi connectivity index (χ3n) is 2.46. The maximum atomic E-state index is 11.4. The molecule has 4 nitrogen and oxygen atoms in total. The van der Waals surface area contributed by atoms with Gasteiger partial charge in [-0.25, -0.2) is 0 Å². The average molecular weight is 235 g/mol. The van der Waals surface area contributed by atoms with Crippen LogP contribution in [0.25, 0.3) is 11.3 Å². The molecule has 0 aliphatic carbocycles. The highest BCUT2D eigenvalue weighted by molar-refractivity contribution is 7.98. The molecule has 0 fully saturated rings. The zero-order valence-electron chi connectivity index (χ0n) is 8.91. The molecular weight excluding hydrogens is 222 g/mol. The lowest BCUT2D eigenvalue weighted by Crippen LogP contribution is -2.10. The number of nitrogens with two attached hydrogens (primary N) is 1. The number of hydrogen-bond acceptors (Lipinski definition) is 3. The molecule has 0 radical (unpaired) electrons. The lowest BCUT2D eigenvalue weighted by Gasteiger charge is -2.01. The van der Waals surface area contributed by atoms with Gasteiger partial charge in [-0.05, 0) is 24.0 Å². The van der Waals surface area contributed by atoms with Crippen LogP contribution in [0, 0.1) is 0 Å². The molecule has 0 saturated carbocycles. The number of H-pyrrole nitrogens is 2. The number of aromatic amines is 2. The largest absolute Gasteiger partial charge is 0.326 e. The second-order valence-corrected chi connectivity index (χ2v) is 4.24. The first kappa shape index (κ1) is 11.0. The topological polar surface area (TPSA) is 74.7 Å². The Morgan fingerprint density at radius 2 is 1.94 bits per heavy atom. The molecule has 0 saturated heterocycles. The standard InChI is InChI=1S/C11H13N3OS/c1-16-8-4-2-7(3-5-8)10-9(6-12)11(15)14-13-10/h2-5H,6,12H2,1H3,(H2,13,14,15). The Labute approximate surface area is 97.2 Å². The van der Waals surface area contributed by atoms with Crippen molar-refractivity contribution in [2.75, 3.05) is 6.26 Å². The molecule has 0 unspecified atom stereocenters. The highest BCUT2D eigenvalue weighted by atomic mass is 32.2. The lowest BCUT2D eigenvalue weighted by atomic mass is 10.1. The van der Waals surface area contributed by atoms with Crippen molar-refractivity contribution in [1.29, 1.82) is 0 Å². The number of benzene rings is 1. The third kappa shape index (κ3) is 1.91. The Hall–Kier alpha value is -1.46. The Morgan fingerprint density at radius 1 is 1.25 bits per heavy atom. The fourth-order valence-electron chi connectivity index (χ4n) is 1.58. The zero-order valence-corrected chi connectivity index (χ0v) is 9.73. The van der Waals surface area contributed by atoms with Gasteiger partial charge in [-0.1, -0.05) is 12.1 Å². The highest BCUT2D eigenvalue weighted by Gasteiger charge is 2.09. The summed E-state index contributed by atoms with van der Waals surface area (Å²) in [4.78, 5) is 12.6. The summed E-state index contributed by atoms with van der Waals surface area (Å²) in [6, 6.07) is 7.99. The van der Waals surface area contributed by atoms with Gasteiger partial charge in [0.2, 0.25) is 0 Å². The molecule has 16 heavy (non-hydrogen) atoms. The fourth-order valence-corrected chi connectivity index (χ4v) is 1.99. The maximum absolute atomic E-state index is 11.4. The third-order valence-corrected chi connectivity index (χ3v) is 3.20. The van der Waals surface area contributed by atoms with E-state index in [1.165, 1.54) is 4.90 Å². The molecule has 0 aliphatic heterocycles. The van der Waals surface area contributed by atoms with Gasteiger partial charge in [-0.3, -0.25) is 15.0 Å². The summed E-state index contributed by atoms with van der Waals surface area (Å²) in [6.07, 6.45) is 2.03. The van der Waals surface area contributed by atoms with Crippen LogP contribution in [-0.4, -0.2) is 16.5 Å². The van der Waals surface area contributed by atoms with Gasteiger partial charge in [-0.15, -0.1) is 11.8 Å². The van der Waals surface area contributed by atoms with Crippen molar-refractivity contribution < 1.29 is 0 Å². The summed E-state index contributed by atoms with van der Waals surface area (Å²) < 4.78 is 0. The average Bonchev–Trinajstić information content (AvgIpc) is 2.70. The van der Waals surface area contributed by atoms with E-state index in [-0.39, 0.29) is 12.1 Å². The van der Waals surface area contributed by atoms with Gasteiger partial charge in [0.05, 0.1) is 11.3 Å². The molecule has 2 rings (SSSR count). The molecule has 2 aromatic rings. The van der Waals surface area contributed by atoms with E-state index in [2.05, 4.69) is 10.2 Å². The summed E-state index contributed by atoms with van der Waals surface area (Å²) in [7, 11) is 0. The van der Waals surface area contributed by atoms with Crippen LogP contribution in [0.2, 0.25) is 0 Å². The minimum atomic E-state index is -0.147. The molecule has 0 bridgehead atoms. The van der Waals surface area contributed by atoms with Crippen molar-refractivity contribution in [3.05, 3.63) is 40.2 Å². The van der Waals surface area contributed by atoms with Crippen LogP contribution in [0.4, 0.5) is 0 Å². The van der Waals surface area contributed by atoms with Crippen LogP contribution in [0.1, 0.15) is 5.56 Å². The number of thioether (sulfide) groups is 1. The molecular formula is C11H13N3OS. The first-order valence-electron chi connectivity index (χ1n) is 4.90. The van der Waals surface area contributed by atoms with Crippen molar-refractivity contribution in [3.8, 4) is 11.3 Å². The van der Waals surface area contributed by atoms with Gasteiger partial charge in [0, 0.05) is 11.4 Å². The van der Waals surface area contributed by atoms with Crippen molar-refractivity contribution in [3.63, 3.8) is 0 Å². The van der Waals surface area contributed by atoms with Crippen molar-refractivity contribution >= 4 is 11.8 Å². The minimum Gasteiger partial charge on any atom is -0.326 e. The first-order chi connectivity index (χ1) is 7.76. The van der Waals surface area contributed by atoms with E-state index in [9.17, 15) is 4.79 Å². The number of aromatic nitrogens is 2. The van der Waals surface area contributed by atoms with Crippen LogP contribution >= 0.6 is 11.8 Å². The van der Waals surface area contributed by atoms with E-state index in [0.29, 0.717) is 5.56 Å². The predicted octanol–water partition coefficient (Wildman–Crippen LogP) is 1.55. The number of nitrogens with one attached hydrogen (secondary N) is 2. The first-order valence-corrected chi connectivity index (χ1v) is 6.12. The molecule has 0 spiro atoms. The molecule has 4 N–H and O–H groups in total. The van der Waals surface area contributed by atoms with Gasteiger partial charge >= 0.3 is 0 Å². The SMILES string of the molecule is CSc1ccc(-c2[nH][nH]c(=O)c2CN)cc1. The van der Waals surface area contributed by atoms with Crippen molar-refractivity contribution in [2.24, 2.45) is 5.73 Å². The highest BCUT2D eigenvalue weighted by Crippen LogP contribution is 2.22. The molecule has 0 atom stereocenters. The Bertz CT molecular complexity index is 527. The van der Waals surface area contributed by atoms with E-state index < -0.39 is 0 Å². The van der Waals surface area contributed by atoms with Gasteiger partial charge in [0.1, 0.15) is 0 Å². The zero-order chi connectivity index (χ0) is 11.5. The van der Waals surface area contributed by atoms with Crippen LogP contribution in [0.15, 0.2) is 34.0 Å². The van der Waals surface area contributed by atoms with E-state index in [4.69, 9.17) is 5.73 Å². The van der Waals surface area contributed by atoms with Crippen LogP contribution < -0.4 is 11.3 Å². The summed E-state index contributed by atoms with van der Waals surface area (Å²) >= 11 is 1.68. The molecule has 0 amide bonds. The van der Waals surface area contributed by atoms with E-state index in [0.717, 1.165) is 11.3 Å². The Morgan fingerprint density at radius 3 is 2.50 bits per heavy atom. The molecule has 1 heterocycles. The maximum Gasteiger partial charge on any atom is 0.269 e. The van der Waals surface area contributed by atoms with Gasteiger partial charge in [0.15, 0.2) is 0 Å². The van der Waals surface area contributed by atoms with Crippen LogP contribution in [-0.2, 0) is 6.54 Å². The Kier molecular flexibility index (Phi) is 3.17. The second kappa shape index (κ2) is 4.59. The minimum absolute atomic E-state index is 0.147. The molecule has 1 aromatic carbocycles. The monoisotopic (exact) mass is 235 g/mol. The summed E-state index contributed by atoms with van der Waals surface area (Å²) in [5.74, 6) is 0. The molecule has 5 heteroatoms. The van der Waals surface area contributed by atoms with Crippen LogP contribution in [0.3, 0.4) is 0 Å². The van der Waals surface area contributed by atoms with Crippen molar-refractivity contribution in [2.45, 2.75) is 11.4 Å².